The van der Waals surface area contributed by atoms with Crippen LogP contribution < -0.4 is 19.5 Å². The monoisotopic (exact) mass is 251 g/mol. The van der Waals surface area contributed by atoms with E-state index in [1.807, 2.05) is 19.1 Å². The summed E-state index contributed by atoms with van der Waals surface area (Å²) in [6, 6.07) is 3.93. The highest BCUT2D eigenvalue weighted by Crippen LogP contribution is 2.38. The van der Waals surface area contributed by atoms with Crippen molar-refractivity contribution < 1.29 is 14.2 Å². The summed E-state index contributed by atoms with van der Waals surface area (Å²) in [7, 11) is 3.30. The fraction of sp³-hybridized carbons (Fsp3) is 0.571. The van der Waals surface area contributed by atoms with Gasteiger partial charge in [0, 0.05) is 12.5 Å². The van der Waals surface area contributed by atoms with Gasteiger partial charge < -0.3 is 19.5 Å². The zero-order valence-corrected chi connectivity index (χ0v) is 11.3. The van der Waals surface area contributed by atoms with Crippen molar-refractivity contribution >= 4 is 0 Å². The molecule has 0 aromatic heterocycles. The summed E-state index contributed by atoms with van der Waals surface area (Å²) in [5.41, 5.74) is 1.10. The first-order valence-electron chi connectivity index (χ1n) is 6.30. The lowest BCUT2D eigenvalue weighted by molar-refractivity contribution is 0.235. The third-order valence-corrected chi connectivity index (χ3v) is 3.23. The number of hydrogen-bond donors (Lipinski definition) is 1. The van der Waals surface area contributed by atoms with E-state index in [0.717, 1.165) is 36.6 Å². The first-order valence-corrected chi connectivity index (χ1v) is 6.30. The van der Waals surface area contributed by atoms with Crippen LogP contribution >= 0.6 is 0 Å². The molecule has 0 spiro atoms. The lowest BCUT2D eigenvalue weighted by Crippen LogP contribution is -2.16. The molecule has 0 bridgehead atoms. The van der Waals surface area contributed by atoms with E-state index in [2.05, 4.69) is 5.32 Å². The Kier molecular flexibility index (Phi) is 4.31. The van der Waals surface area contributed by atoms with Gasteiger partial charge in [0.05, 0.1) is 20.8 Å². The second kappa shape index (κ2) is 5.96. The summed E-state index contributed by atoms with van der Waals surface area (Å²) in [5.74, 6) is 2.74. The summed E-state index contributed by atoms with van der Waals surface area (Å²) < 4.78 is 16.6. The maximum Gasteiger partial charge on any atom is 0.203 e. The molecule has 1 atom stereocenters. The molecule has 4 nitrogen and oxygen atoms in total. The standard InChI is InChI=1S/C14H21NO3/c1-10-6-12(16-2)14(13(7-10)17-3)18-9-11-4-5-15-8-11/h6-7,11,15H,4-5,8-9H2,1-3H3. The minimum atomic E-state index is 0.570. The maximum atomic E-state index is 5.90. The predicted molar refractivity (Wildman–Crippen MR) is 70.8 cm³/mol. The third kappa shape index (κ3) is 2.88. The minimum absolute atomic E-state index is 0.570. The van der Waals surface area contributed by atoms with E-state index in [1.54, 1.807) is 14.2 Å². The molecule has 0 radical (unpaired) electrons. The smallest absolute Gasteiger partial charge is 0.203 e. The molecule has 1 unspecified atom stereocenters. The number of nitrogens with one attached hydrogen (secondary N) is 1. The quantitative estimate of drug-likeness (QED) is 0.869. The van der Waals surface area contributed by atoms with E-state index < -0.39 is 0 Å². The van der Waals surface area contributed by atoms with Gasteiger partial charge in [-0.25, -0.2) is 0 Å². The molecule has 2 rings (SSSR count). The Morgan fingerprint density at radius 1 is 1.22 bits per heavy atom. The van der Waals surface area contributed by atoms with Crippen LogP contribution in [0.2, 0.25) is 0 Å². The van der Waals surface area contributed by atoms with E-state index in [-0.39, 0.29) is 0 Å². The fourth-order valence-electron chi connectivity index (χ4n) is 2.21. The van der Waals surface area contributed by atoms with Gasteiger partial charge >= 0.3 is 0 Å². The Morgan fingerprint density at radius 2 is 1.89 bits per heavy atom. The van der Waals surface area contributed by atoms with Crippen LogP contribution in [-0.4, -0.2) is 33.9 Å². The SMILES string of the molecule is COc1cc(C)cc(OC)c1OCC1CCNC1. The Balaban J connectivity index is 2.13. The van der Waals surface area contributed by atoms with Crippen LogP contribution in [0.5, 0.6) is 17.2 Å². The number of aryl methyl sites for hydroxylation is 1. The first-order chi connectivity index (χ1) is 8.74. The molecule has 4 heteroatoms. The Bertz CT molecular complexity index is 375. The van der Waals surface area contributed by atoms with Gasteiger partial charge in [-0.1, -0.05) is 0 Å². The van der Waals surface area contributed by atoms with Crippen LogP contribution in [0.4, 0.5) is 0 Å². The molecule has 1 N–H and O–H groups in total. The molecule has 1 aromatic carbocycles. The van der Waals surface area contributed by atoms with Crippen LogP contribution in [-0.2, 0) is 0 Å². The minimum Gasteiger partial charge on any atom is -0.493 e. The third-order valence-electron chi connectivity index (χ3n) is 3.23. The summed E-state index contributed by atoms with van der Waals surface area (Å²) in [4.78, 5) is 0. The molecular formula is C14H21NO3. The van der Waals surface area contributed by atoms with Crippen molar-refractivity contribution in [2.45, 2.75) is 13.3 Å². The molecule has 100 valence electrons. The van der Waals surface area contributed by atoms with Crippen molar-refractivity contribution in [1.29, 1.82) is 0 Å². The Morgan fingerprint density at radius 3 is 2.39 bits per heavy atom. The van der Waals surface area contributed by atoms with E-state index >= 15 is 0 Å². The number of hydrogen-bond acceptors (Lipinski definition) is 4. The molecule has 1 fully saturated rings. The normalized spacial score (nSPS) is 18.7. The van der Waals surface area contributed by atoms with Gasteiger partial charge in [0.2, 0.25) is 5.75 Å². The second-order valence-electron chi connectivity index (χ2n) is 4.67. The van der Waals surface area contributed by atoms with Crippen molar-refractivity contribution in [2.24, 2.45) is 5.92 Å². The molecule has 1 heterocycles. The van der Waals surface area contributed by atoms with E-state index in [1.165, 1.54) is 0 Å². The largest absolute Gasteiger partial charge is 0.493 e. The zero-order chi connectivity index (χ0) is 13.0. The number of benzene rings is 1. The molecule has 0 amide bonds. The van der Waals surface area contributed by atoms with Crippen molar-refractivity contribution in [3.8, 4) is 17.2 Å². The van der Waals surface area contributed by atoms with Gasteiger partial charge in [-0.2, -0.15) is 0 Å². The highest BCUT2D eigenvalue weighted by molar-refractivity contribution is 5.53. The Hall–Kier alpha value is -1.42. The Labute approximate surface area is 108 Å². The van der Waals surface area contributed by atoms with Crippen molar-refractivity contribution in [2.75, 3.05) is 33.9 Å². The average molecular weight is 251 g/mol. The van der Waals surface area contributed by atoms with Gasteiger partial charge in [-0.3, -0.25) is 0 Å². The predicted octanol–water partition coefficient (Wildman–Crippen LogP) is 2.00. The highest BCUT2D eigenvalue weighted by atomic mass is 16.5. The van der Waals surface area contributed by atoms with Gasteiger partial charge in [-0.05, 0) is 37.6 Å². The molecule has 1 saturated heterocycles. The molecule has 1 aliphatic heterocycles. The first kappa shape index (κ1) is 13.0. The molecule has 1 aromatic rings. The van der Waals surface area contributed by atoms with E-state index in [9.17, 15) is 0 Å². The topological polar surface area (TPSA) is 39.7 Å². The average Bonchev–Trinajstić information content (AvgIpc) is 2.89. The maximum absolute atomic E-state index is 5.90. The van der Waals surface area contributed by atoms with E-state index in [0.29, 0.717) is 18.3 Å². The molecule has 18 heavy (non-hydrogen) atoms. The van der Waals surface area contributed by atoms with Crippen LogP contribution in [0, 0.1) is 12.8 Å². The van der Waals surface area contributed by atoms with Gasteiger partial charge in [-0.15, -0.1) is 0 Å². The lowest BCUT2D eigenvalue weighted by Gasteiger charge is -2.17. The lowest BCUT2D eigenvalue weighted by atomic mass is 10.1. The van der Waals surface area contributed by atoms with Crippen molar-refractivity contribution in [3.63, 3.8) is 0 Å². The van der Waals surface area contributed by atoms with Gasteiger partial charge in [0.1, 0.15) is 0 Å². The highest BCUT2D eigenvalue weighted by Gasteiger charge is 2.18. The van der Waals surface area contributed by atoms with Crippen LogP contribution in [0.15, 0.2) is 12.1 Å². The van der Waals surface area contributed by atoms with Crippen LogP contribution in [0.3, 0.4) is 0 Å². The fourth-order valence-corrected chi connectivity index (χ4v) is 2.21. The number of methoxy groups -OCH3 is 2. The summed E-state index contributed by atoms with van der Waals surface area (Å²) in [6.07, 6.45) is 1.16. The van der Waals surface area contributed by atoms with E-state index in [4.69, 9.17) is 14.2 Å². The molecular weight excluding hydrogens is 230 g/mol. The summed E-state index contributed by atoms with van der Waals surface area (Å²) in [6.45, 7) is 4.81. The van der Waals surface area contributed by atoms with Crippen molar-refractivity contribution in [3.05, 3.63) is 17.7 Å². The van der Waals surface area contributed by atoms with Gasteiger partial charge in [0.15, 0.2) is 11.5 Å². The summed E-state index contributed by atoms with van der Waals surface area (Å²) in [5, 5.41) is 3.33. The molecule has 0 saturated carbocycles. The van der Waals surface area contributed by atoms with Gasteiger partial charge in [0.25, 0.3) is 0 Å². The zero-order valence-electron chi connectivity index (χ0n) is 11.3. The second-order valence-corrected chi connectivity index (χ2v) is 4.67. The summed E-state index contributed by atoms with van der Waals surface area (Å²) >= 11 is 0. The molecule has 0 aliphatic carbocycles. The molecule has 1 aliphatic rings. The number of rotatable bonds is 5. The van der Waals surface area contributed by atoms with Crippen LogP contribution in [0.1, 0.15) is 12.0 Å². The van der Waals surface area contributed by atoms with Crippen molar-refractivity contribution in [1.82, 2.24) is 5.32 Å². The number of ether oxygens (including phenoxy) is 3. The van der Waals surface area contributed by atoms with Crippen LogP contribution in [0.25, 0.3) is 0 Å².